The van der Waals surface area contributed by atoms with Crippen LogP contribution in [0, 0.1) is 5.92 Å². The first-order valence-corrected chi connectivity index (χ1v) is 6.36. The molecular weight excluding hydrogens is 170 g/mol. The summed E-state index contributed by atoms with van der Waals surface area (Å²) in [5.74, 6) is 0.784. The summed E-state index contributed by atoms with van der Waals surface area (Å²) in [4.78, 5) is 2.74. The van der Waals surface area contributed by atoms with Gasteiger partial charge >= 0.3 is 0 Å². The highest BCUT2D eigenvalue weighted by Crippen LogP contribution is 2.33. The summed E-state index contributed by atoms with van der Waals surface area (Å²) in [6.45, 7) is 12.1. The lowest BCUT2D eigenvalue weighted by molar-refractivity contribution is 0.0611. The Morgan fingerprint density at radius 1 is 1.21 bits per heavy atom. The third-order valence-electron chi connectivity index (χ3n) is 4.07. The van der Waals surface area contributed by atoms with Gasteiger partial charge in [0.25, 0.3) is 0 Å². The lowest BCUT2D eigenvalue weighted by Gasteiger charge is -2.43. The Morgan fingerprint density at radius 2 is 1.93 bits per heavy atom. The molecule has 0 aliphatic carbocycles. The Labute approximate surface area is 89.9 Å². The summed E-state index contributed by atoms with van der Waals surface area (Å²) >= 11 is 0. The molecule has 1 atom stereocenters. The van der Waals surface area contributed by atoms with E-state index in [4.69, 9.17) is 0 Å². The van der Waals surface area contributed by atoms with Crippen molar-refractivity contribution in [2.45, 2.75) is 65.3 Å². The van der Waals surface area contributed by atoms with Crippen LogP contribution in [0.3, 0.4) is 0 Å². The van der Waals surface area contributed by atoms with Crippen LogP contribution in [0.4, 0.5) is 0 Å². The third kappa shape index (κ3) is 2.50. The van der Waals surface area contributed by atoms with Crippen LogP contribution in [-0.4, -0.2) is 23.5 Å². The first-order valence-electron chi connectivity index (χ1n) is 6.36. The Hall–Kier alpha value is -0.0400. The van der Waals surface area contributed by atoms with Gasteiger partial charge in [-0.1, -0.05) is 33.6 Å². The molecule has 1 saturated heterocycles. The van der Waals surface area contributed by atoms with Crippen molar-refractivity contribution >= 4 is 0 Å². The standard InChI is InChI=1S/C13H27N/c1-5-10-14-11-8-6-7-9-13(14,4)12(2)3/h12H,5-11H2,1-4H3. The van der Waals surface area contributed by atoms with Gasteiger partial charge in [-0.3, -0.25) is 4.90 Å². The van der Waals surface area contributed by atoms with Crippen molar-refractivity contribution < 1.29 is 0 Å². The van der Waals surface area contributed by atoms with Crippen LogP contribution in [0.5, 0.6) is 0 Å². The Morgan fingerprint density at radius 3 is 2.50 bits per heavy atom. The van der Waals surface area contributed by atoms with E-state index in [9.17, 15) is 0 Å². The number of likely N-dealkylation sites (tertiary alicyclic amines) is 1. The number of hydrogen-bond acceptors (Lipinski definition) is 1. The van der Waals surface area contributed by atoms with Crippen LogP contribution in [0.2, 0.25) is 0 Å². The van der Waals surface area contributed by atoms with E-state index in [0.29, 0.717) is 5.54 Å². The molecule has 0 spiro atoms. The first-order chi connectivity index (χ1) is 6.61. The molecule has 14 heavy (non-hydrogen) atoms. The molecule has 0 saturated carbocycles. The van der Waals surface area contributed by atoms with E-state index < -0.39 is 0 Å². The van der Waals surface area contributed by atoms with E-state index in [1.165, 1.54) is 45.2 Å². The largest absolute Gasteiger partial charge is 0.298 e. The minimum atomic E-state index is 0.465. The highest BCUT2D eigenvalue weighted by molar-refractivity contribution is 4.90. The van der Waals surface area contributed by atoms with Crippen LogP contribution in [0.1, 0.15) is 59.8 Å². The Balaban J connectivity index is 2.72. The molecule has 1 rings (SSSR count). The molecule has 1 aliphatic rings. The second-order valence-corrected chi connectivity index (χ2v) is 5.31. The maximum atomic E-state index is 2.74. The summed E-state index contributed by atoms with van der Waals surface area (Å²) < 4.78 is 0. The van der Waals surface area contributed by atoms with Crippen LogP contribution in [0.15, 0.2) is 0 Å². The molecule has 0 amide bonds. The molecule has 0 aromatic heterocycles. The van der Waals surface area contributed by atoms with E-state index in [0.717, 1.165) is 5.92 Å². The van der Waals surface area contributed by atoms with Crippen molar-refractivity contribution in [2.24, 2.45) is 5.92 Å². The summed E-state index contributed by atoms with van der Waals surface area (Å²) in [6, 6.07) is 0. The second kappa shape index (κ2) is 5.16. The maximum absolute atomic E-state index is 2.74. The number of nitrogens with zero attached hydrogens (tertiary/aromatic N) is 1. The molecule has 0 N–H and O–H groups in total. The maximum Gasteiger partial charge on any atom is 0.0204 e. The van der Waals surface area contributed by atoms with E-state index in [1.807, 2.05) is 0 Å². The average Bonchev–Trinajstić information content (AvgIpc) is 2.31. The fourth-order valence-corrected chi connectivity index (χ4v) is 2.67. The fraction of sp³-hybridized carbons (Fsp3) is 1.00. The van der Waals surface area contributed by atoms with Crippen LogP contribution in [-0.2, 0) is 0 Å². The number of hydrogen-bond donors (Lipinski definition) is 0. The monoisotopic (exact) mass is 197 g/mol. The zero-order chi connectivity index (χ0) is 10.6. The van der Waals surface area contributed by atoms with Crippen LogP contribution in [0.25, 0.3) is 0 Å². The van der Waals surface area contributed by atoms with Crippen LogP contribution >= 0.6 is 0 Å². The predicted octanol–water partition coefficient (Wildman–Crippen LogP) is 3.69. The van der Waals surface area contributed by atoms with Gasteiger partial charge < -0.3 is 0 Å². The van der Waals surface area contributed by atoms with Gasteiger partial charge in [0.05, 0.1) is 0 Å². The summed E-state index contributed by atoms with van der Waals surface area (Å²) in [5, 5.41) is 0. The second-order valence-electron chi connectivity index (χ2n) is 5.31. The zero-order valence-corrected chi connectivity index (χ0v) is 10.5. The minimum Gasteiger partial charge on any atom is -0.298 e. The van der Waals surface area contributed by atoms with Gasteiger partial charge in [0.15, 0.2) is 0 Å². The van der Waals surface area contributed by atoms with E-state index in [1.54, 1.807) is 0 Å². The van der Waals surface area contributed by atoms with Crippen molar-refractivity contribution in [3.05, 3.63) is 0 Å². The van der Waals surface area contributed by atoms with Crippen molar-refractivity contribution in [2.75, 3.05) is 13.1 Å². The smallest absolute Gasteiger partial charge is 0.0204 e. The quantitative estimate of drug-likeness (QED) is 0.667. The average molecular weight is 197 g/mol. The van der Waals surface area contributed by atoms with Gasteiger partial charge in [0.1, 0.15) is 0 Å². The van der Waals surface area contributed by atoms with E-state index in [-0.39, 0.29) is 0 Å². The van der Waals surface area contributed by atoms with Gasteiger partial charge in [-0.2, -0.15) is 0 Å². The van der Waals surface area contributed by atoms with Gasteiger partial charge in [0.2, 0.25) is 0 Å². The normalized spacial score (nSPS) is 30.6. The minimum absolute atomic E-state index is 0.465. The molecule has 0 aromatic carbocycles. The lowest BCUT2D eigenvalue weighted by Crippen LogP contribution is -2.50. The highest BCUT2D eigenvalue weighted by Gasteiger charge is 2.34. The fourth-order valence-electron chi connectivity index (χ4n) is 2.67. The summed E-state index contributed by atoms with van der Waals surface area (Å²) in [6.07, 6.45) is 6.95. The molecule has 0 aromatic rings. The Kier molecular flexibility index (Phi) is 4.43. The Bertz CT molecular complexity index is 165. The van der Waals surface area contributed by atoms with Crippen molar-refractivity contribution in [1.29, 1.82) is 0 Å². The van der Waals surface area contributed by atoms with Crippen LogP contribution < -0.4 is 0 Å². The first kappa shape index (κ1) is 12.0. The topological polar surface area (TPSA) is 3.24 Å². The van der Waals surface area contributed by atoms with Crippen molar-refractivity contribution in [3.8, 4) is 0 Å². The zero-order valence-electron chi connectivity index (χ0n) is 10.5. The van der Waals surface area contributed by atoms with E-state index in [2.05, 4.69) is 32.6 Å². The molecule has 1 heteroatoms. The molecule has 1 fully saturated rings. The molecule has 1 heterocycles. The summed E-state index contributed by atoms with van der Waals surface area (Å²) in [5.41, 5.74) is 0.465. The number of rotatable bonds is 3. The molecule has 0 radical (unpaired) electrons. The van der Waals surface area contributed by atoms with Gasteiger partial charge in [0, 0.05) is 5.54 Å². The predicted molar refractivity (Wildman–Crippen MR) is 63.6 cm³/mol. The highest BCUT2D eigenvalue weighted by atomic mass is 15.2. The molecule has 1 nitrogen and oxygen atoms in total. The van der Waals surface area contributed by atoms with Gasteiger partial charge in [-0.25, -0.2) is 0 Å². The van der Waals surface area contributed by atoms with E-state index >= 15 is 0 Å². The molecule has 0 bridgehead atoms. The van der Waals surface area contributed by atoms with Crippen molar-refractivity contribution in [3.63, 3.8) is 0 Å². The molecule has 1 unspecified atom stereocenters. The third-order valence-corrected chi connectivity index (χ3v) is 4.07. The summed E-state index contributed by atoms with van der Waals surface area (Å²) in [7, 11) is 0. The SMILES string of the molecule is CCCN1CCCCCC1(C)C(C)C. The molecular formula is C13H27N. The van der Waals surface area contributed by atoms with Crippen molar-refractivity contribution in [1.82, 2.24) is 4.90 Å². The van der Waals surface area contributed by atoms with Gasteiger partial charge in [-0.05, 0) is 45.2 Å². The lowest BCUT2D eigenvalue weighted by atomic mass is 9.83. The molecule has 1 aliphatic heterocycles. The molecule has 84 valence electrons. The van der Waals surface area contributed by atoms with Gasteiger partial charge in [-0.15, -0.1) is 0 Å².